The van der Waals surface area contributed by atoms with Crippen molar-refractivity contribution in [3.63, 3.8) is 0 Å². The number of pyridine rings is 1. The Kier molecular flexibility index (Phi) is 8.11. The van der Waals surface area contributed by atoms with Crippen LogP contribution in [0.25, 0.3) is 128 Å². The maximum absolute atomic E-state index is 6.69. The average Bonchev–Trinajstić information content (AvgIpc) is 3.91. The molecule has 0 amide bonds. The third kappa shape index (κ3) is 5.73. The number of nitrogens with zero attached hydrogens (tertiary/aromatic N) is 5. The molecule has 298 valence electrons. The fourth-order valence-electron chi connectivity index (χ4n) is 9.57. The number of aromatic nitrogens is 5. The van der Waals surface area contributed by atoms with Gasteiger partial charge in [0.1, 0.15) is 11.2 Å². The summed E-state index contributed by atoms with van der Waals surface area (Å²) in [6, 6.07) is 73.7. The van der Waals surface area contributed by atoms with E-state index in [9.17, 15) is 0 Å². The molecule has 0 saturated heterocycles. The molecule has 4 heterocycles. The Morgan fingerprint density at radius 2 is 0.859 bits per heavy atom. The molecule has 9 aromatic carbocycles. The summed E-state index contributed by atoms with van der Waals surface area (Å²) < 4.78 is 9.02. The molecule has 0 fully saturated rings. The second kappa shape index (κ2) is 14.4. The maximum Gasteiger partial charge on any atom is 0.164 e. The molecular weight excluding hydrogens is 783 g/mol. The van der Waals surface area contributed by atoms with Crippen molar-refractivity contribution in [3.05, 3.63) is 212 Å². The molecule has 0 N–H and O–H groups in total. The lowest BCUT2D eigenvalue weighted by atomic mass is 9.89. The average molecular weight is 818 g/mol. The summed E-state index contributed by atoms with van der Waals surface area (Å²) in [6.07, 6.45) is 0. The zero-order chi connectivity index (χ0) is 42.1. The lowest BCUT2D eigenvalue weighted by Gasteiger charge is -2.16. The Labute approximate surface area is 367 Å². The normalized spacial score (nSPS) is 11.8. The van der Waals surface area contributed by atoms with E-state index in [1.807, 2.05) is 48.5 Å². The monoisotopic (exact) mass is 817 g/mol. The number of rotatable bonds is 6. The van der Waals surface area contributed by atoms with E-state index in [1.54, 1.807) is 0 Å². The van der Waals surface area contributed by atoms with Gasteiger partial charge in [0.25, 0.3) is 0 Å². The molecule has 0 radical (unpaired) electrons. The molecule has 0 aliphatic rings. The summed E-state index contributed by atoms with van der Waals surface area (Å²) in [5.41, 5.74) is 12.6. The van der Waals surface area contributed by atoms with E-state index < -0.39 is 0 Å². The molecule has 0 atom stereocenters. The maximum atomic E-state index is 6.69. The number of para-hydroxylation sites is 4. The van der Waals surface area contributed by atoms with Gasteiger partial charge in [-0.2, -0.15) is 0 Å². The number of fused-ring (bicyclic) bond motifs is 9. The van der Waals surface area contributed by atoms with Crippen molar-refractivity contribution >= 4 is 65.4 Å². The van der Waals surface area contributed by atoms with Gasteiger partial charge in [0.2, 0.25) is 0 Å². The summed E-state index contributed by atoms with van der Waals surface area (Å²) in [6.45, 7) is 0. The zero-order valence-corrected chi connectivity index (χ0v) is 34.4. The first-order chi connectivity index (χ1) is 31.7. The van der Waals surface area contributed by atoms with Crippen LogP contribution in [0.1, 0.15) is 0 Å². The molecule has 0 spiro atoms. The molecule has 0 bridgehead atoms. The predicted octanol–water partition coefficient (Wildman–Crippen LogP) is 14.9. The molecule has 13 rings (SSSR count). The fourth-order valence-corrected chi connectivity index (χ4v) is 9.57. The number of furan rings is 1. The molecule has 0 unspecified atom stereocenters. The van der Waals surface area contributed by atoms with E-state index in [4.69, 9.17) is 24.4 Å². The van der Waals surface area contributed by atoms with Crippen LogP contribution in [0.15, 0.2) is 217 Å². The van der Waals surface area contributed by atoms with Crippen LogP contribution in [0.2, 0.25) is 0 Å². The van der Waals surface area contributed by atoms with Crippen molar-refractivity contribution in [2.45, 2.75) is 0 Å². The van der Waals surface area contributed by atoms with E-state index in [1.165, 1.54) is 10.8 Å². The quantitative estimate of drug-likeness (QED) is 0.156. The third-order valence-corrected chi connectivity index (χ3v) is 12.4. The Hall–Kier alpha value is -8.74. The van der Waals surface area contributed by atoms with E-state index in [0.717, 1.165) is 99.4 Å². The number of hydrogen-bond donors (Lipinski definition) is 0. The minimum Gasteiger partial charge on any atom is -0.456 e. The first-order valence-electron chi connectivity index (χ1n) is 21.5. The largest absolute Gasteiger partial charge is 0.456 e. The van der Waals surface area contributed by atoms with E-state index in [-0.39, 0.29) is 0 Å². The molecule has 0 saturated carbocycles. The highest BCUT2D eigenvalue weighted by molar-refractivity contribution is 6.28. The summed E-state index contributed by atoms with van der Waals surface area (Å²) in [4.78, 5) is 20.9. The van der Waals surface area contributed by atoms with E-state index in [2.05, 4.69) is 168 Å². The predicted molar refractivity (Wildman–Crippen MR) is 261 cm³/mol. The van der Waals surface area contributed by atoms with Crippen molar-refractivity contribution in [2.24, 2.45) is 0 Å². The zero-order valence-electron chi connectivity index (χ0n) is 34.4. The molecular formula is C58H35N5O. The Morgan fingerprint density at radius 3 is 1.58 bits per heavy atom. The lowest BCUT2D eigenvalue weighted by Crippen LogP contribution is -2.01. The fraction of sp³-hybridized carbons (Fsp3) is 0. The van der Waals surface area contributed by atoms with Crippen LogP contribution in [0.3, 0.4) is 0 Å². The Balaban J connectivity index is 1.05. The summed E-state index contributed by atoms with van der Waals surface area (Å²) in [7, 11) is 0. The van der Waals surface area contributed by atoms with Gasteiger partial charge in [-0.05, 0) is 54.1 Å². The van der Waals surface area contributed by atoms with Crippen LogP contribution in [0.5, 0.6) is 0 Å². The van der Waals surface area contributed by atoms with Crippen molar-refractivity contribution in [1.29, 1.82) is 0 Å². The van der Waals surface area contributed by atoms with Crippen molar-refractivity contribution in [1.82, 2.24) is 24.5 Å². The summed E-state index contributed by atoms with van der Waals surface area (Å²) in [5, 5.41) is 7.74. The van der Waals surface area contributed by atoms with Gasteiger partial charge in [0.15, 0.2) is 17.5 Å². The lowest BCUT2D eigenvalue weighted by molar-refractivity contribution is 0.669. The minimum absolute atomic E-state index is 0.581. The van der Waals surface area contributed by atoms with Gasteiger partial charge in [0, 0.05) is 71.2 Å². The number of benzene rings is 9. The van der Waals surface area contributed by atoms with E-state index in [0.29, 0.717) is 17.5 Å². The van der Waals surface area contributed by atoms with Crippen LogP contribution in [-0.4, -0.2) is 24.5 Å². The van der Waals surface area contributed by atoms with Gasteiger partial charge in [-0.15, -0.1) is 0 Å². The van der Waals surface area contributed by atoms with Gasteiger partial charge in [0.05, 0.1) is 22.2 Å². The second-order valence-electron chi connectivity index (χ2n) is 16.2. The smallest absolute Gasteiger partial charge is 0.164 e. The van der Waals surface area contributed by atoms with Crippen LogP contribution >= 0.6 is 0 Å². The van der Waals surface area contributed by atoms with Gasteiger partial charge in [-0.1, -0.05) is 164 Å². The third-order valence-electron chi connectivity index (χ3n) is 12.4. The molecule has 6 nitrogen and oxygen atoms in total. The van der Waals surface area contributed by atoms with Crippen molar-refractivity contribution in [2.75, 3.05) is 0 Å². The highest BCUT2D eigenvalue weighted by Crippen LogP contribution is 2.47. The van der Waals surface area contributed by atoms with Crippen LogP contribution < -0.4 is 0 Å². The van der Waals surface area contributed by atoms with Gasteiger partial charge >= 0.3 is 0 Å². The summed E-state index contributed by atoms with van der Waals surface area (Å²) in [5.74, 6) is 1.78. The van der Waals surface area contributed by atoms with Crippen molar-refractivity contribution < 1.29 is 4.42 Å². The summed E-state index contributed by atoms with van der Waals surface area (Å²) >= 11 is 0. The highest BCUT2D eigenvalue weighted by atomic mass is 16.3. The molecule has 13 aromatic rings. The molecule has 0 aliphatic heterocycles. The van der Waals surface area contributed by atoms with Crippen LogP contribution in [-0.2, 0) is 0 Å². The van der Waals surface area contributed by atoms with Gasteiger partial charge in [-0.3, -0.25) is 0 Å². The van der Waals surface area contributed by atoms with Gasteiger partial charge in [-0.25, -0.2) is 19.9 Å². The Bertz CT molecular complexity index is 3910. The first kappa shape index (κ1) is 36.0. The minimum atomic E-state index is 0.581. The SMILES string of the molecule is c1ccc(-c2nc(-c3cccc(-c4c5c(cc6c(-c7ccccc7)nc7ccccc7c46)oc4ccccc45)c3)nc(-c3cccc(-n4c5ccccc5c5ccccc54)c3)n2)cc1. The Morgan fingerprint density at radius 1 is 0.328 bits per heavy atom. The molecule has 6 heteroatoms. The van der Waals surface area contributed by atoms with Crippen molar-refractivity contribution in [3.8, 4) is 62.2 Å². The molecule has 64 heavy (non-hydrogen) atoms. The van der Waals surface area contributed by atoms with Crippen LogP contribution in [0, 0.1) is 0 Å². The topological polar surface area (TPSA) is 69.6 Å². The first-order valence-corrected chi connectivity index (χ1v) is 21.5. The van der Waals surface area contributed by atoms with Gasteiger partial charge < -0.3 is 8.98 Å². The standard InChI is InChI=1S/C58H35N5O/c1-3-17-36(18-4-1)55-46-35-51-54(45-28-10-14-32-50(45)64-51)52(53(46)44-27-7-11-29-47(44)59-55)38-21-15-22-39(33-38)57-60-56(37-19-5-2-6-20-37)61-58(62-57)40-23-16-24-41(34-40)63-48-30-12-8-25-42(48)43-26-9-13-31-49(43)63/h1-35H. The highest BCUT2D eigenvalue weighted by Gasteiger charge is 2.23. The molecule has 0 aliphatic carbocycles. The van der Waals surface area contributed by atoms with E-state index >= 15 is 0 Å². The second-order valence-corrected chi connectivity index (χ2v) is 16.2. The molecule has 4 aromatic heterocycles. The number of hydrogen-bond acceptors (Lipinski definition) is 5. The van der Waals surface area contributed by atoms with Crippen LogP contribution in [0.4, 0.5) is 0 Å².